The Morgan fingerprint density at radius 2 is 1.91 bits per heavy atom. The number of hydrogen-bond acceptors (Lipinski definition) is 8. The van der Waals surface area contributed by atoms with E-state index in [0.717, 1.165) is 27.9 Å². The number of aromatic nitrogens is 4. The number of β-amino-alcohol motifs (C(OH)–C–C–N with tert-alkyl or cyclic N) is 1. The molecule has 0 saturated carbocycles. The predicted octanol–water partition coefficient (Wildman–Crippen LogP) is 5.37. The van der Waals surface area contributed by atoms with Crippen molar-refractivity contribution in [1.29, 1.82) is 5.26 Å². The van der Waals surface area contributed by atoms with E-state index in [-0.39, 0.29) is 19.2 Å². The fraction of sp³-hybridized carbons (Fsp3) is 0.242. The van der Waals surface area contributed by atoms with Crippen molar-refractivity contribution < 1.29 is 14.6 Å². The van der Waals surface area contributed by atoms with Crippen LogP contribution in [0.5, 0.6) is 0 Å². The van der Waals surface area contributed by atoms with Crippen molar-refractivity contribution in [2.45, 2.75) is 38.5 Å². The molecule has 4 heterocycles. The number of ether oxygens (including phenoxy) is 1. The third kappa shape index (κ3) is 5.63. The molecule has 43 heavy (non-hydrogen) atoms. The van der Waals surface area contributed by atoms with Crippen LogP contribution in [0.15, 0.2) is 85.3 Å². The number of nitrogens with one attached hydrogen (secondary N) is 1. The molecule has 6 rings (SSSR count). The van der Waals surface area contributed by atoms with Gasteiger partial charge < -0.3 is 20.1 Å². The first kappa shape index (κ1) is 27.9. The van der Waals surface area contributed by atoms with Crippen molar-refractivity contribution in [3.63, 3.8) is 0 Å². The number of fused-ring (bicyclic) bond motifs is 1. The molecule has 1 fully saturated rings. The van der Waals surface area contributed by atoms with Gasteiger partial charge in [0, 0.05) is 12.7 Å². The number of aliphatic hydroxyl groups is 1. The Kier molecular flexibility index (Phi) is 7.49. The van der Waals surface area contributed by atoms with E-state index in [4.69, 9.17) is 4.74 Å². The minimum Gasteiger partial charge on any atom is -0.445 e. The van der Waals surface area contributed by atoms with Crippen LogP contribution in [0.25, 0.3) is 17.0 Å². The Morgan fingerprint density at radius 3 is 2.67 bits per heavy atom. The molecule has 0 spiro atoms. The van der Waals surface area contributed by atoms with Crippen LogP contribution in [0.2, 0.25) is 0 Å². The van der Waals surface area contributed by atoms with Crippen molar-refractivity contribution in [1.82, 2.24) is 24.3 Å². The smallest absolute Gasteiger partial charge is 0.410 e. The highest BCUT2D eigenvalue weighted by molar-refractivity contribution is 5.69. The summed E-state index contributed by atoms with van der Waals surface area (Å²) in [5, 5.41) is 24.4. The number of carbonyl (C=O) groups excluding carboxylic acids is 1. The molecule has 1 aliphatic heterocycles. The van der Waals surface area contributed by atoms with E-state index in [2.05, 4.69) is 26.3 Å². The zero-order chi connectivity index (χ0) is 30.0. The molecule has 0 aliphatic carbocycles. The molecule has 216 valence electrons. The molecule has 10 heteroatoms. The first-order chi connectivity index (χ1) is 20.8. The van der Waals surface area contributed by atoms with Gasteiger partial charge in [-0.1, -0.05) is 60.7 Å². The number of aryl methyl sites for hydroxylation is 1. The van der Waals surface area contributed by atoms with Crippen LogP contribution in [-0.2, 0) is 16.9 Å². The number of hydrogen-bond donors (Lipinski definition) is 2. The van der Waals surface area contributed by atoms with E-state index in [1.54, 1.807) is 11.1 Å². The third-order valence-corrected chi connectivity index (χ3v) is 7.89. The lowest BCUT2D eigenvalue weighted by atomic mass is 9.91. The van der Waals surface area contributed by atoms with E-state index in [1.165, 1.54) is 6.20 Å². The van der Waals surface area contributed by atoms with Crippen LogP contribution in [-0.4, -0.2) is 48.5 Å². The minimum absolute atomic E-state index is 0.165. The van der Waals surface area contributed by atoms with Gasteiger partial charge in [-0.25, -0.2) is 19.7 Å². The monoisotopic (exact) mass is 573 g/mol. The maximum absolute atomic E-state index is 12.6. The van der Waals surface area contributed by atoms with Gasteiger partial charge in [-0.2, -0.15) is 5.26 Å². The van der Waals surface area contributed by atoms with Gasteiger partial charge in [0.1, 0.15) is 29.6 Å². The molecule has 2 aromatic carbocycles. The van der Waals surface area contributed by atoms with E-state index in [0.29, 0.717) is 35.9 Å². The van der Waals surface area contributed by atoms with Crippen LogP contribution in [0.4, 0.5) is 10.7 Å². The molecule has 3 aromatic heterocycles. The summed E-state index contributed by atoms with van der Waals surface area (Å²) in [6.45, 7) is 4.74. The number of pyridine rings is 1. The van der Waals surface area contributed by atoms with Crippen molar-refractivity contribution in [3.8, 4) is 17.5 Å². The second kappa shape index (κ2) is 11.5. The molecular formula is C33H31N7O3. The van der Waals surface area contributed by atoms with Crippen LogP contribution in [0, 0.1) is 18.3 Å². The summed E-state index contributed by atoms with van der Waals surface area (Å²) in [6.07, 6.45) is 5.12. The van der Waals surface area contributed by atoms with Gasteiger partial charge in [-0.15, -0.1) is 0 Å². The summed E-state index contributed by atoms with van der Waals surface area (Å²) in [7, 11) is 0. The molecule has 0 bridgehead atoms. The SMILES string of the molecule is Cc1cccn2c(-c3nc(N[C@@H](C)c4ccc(C5(O)CCN(C(=O)OCc6ccccc6)C5)cc4)ncc3C#N)cnc12. The second-order valence-corrected chi connectivity index (χ2v) is 10.8. The maximum Gasteiger partial charge on any atom is 0.410 e. The minimum atomic E-state index is -1.15. The zero-order valence-electron chi connectivity index (χ0n) is 23.9. The number of nitrogens with zero attached hydrogens (tertiary/aromatic N) is 6. The normalized spacial score (nSPS) is 17.0. The average Bonchev–Trinajstić information content (AvgIpc) is 3.66. The molecule has 1 saturated heterocycles. The number of benzene rings is 2. The number of rotatable bonds is 7. The Morgan fingerprint density at radius 1 is 1.12 bits per heavy atom. The molecular weight excluding hydrogens is 542 g/mol. The Bertz CT molecular complexity index is 1810. The second-order valence-electron chi connectivity index (χ2n) is 10.8. The fourth-order valence-corrected chi connectivity index (χ4v) is 5.41. The van der Waals surface area contributed by atoms with Crippen LogP contribution in [0.3, 0.4) is 0 Å². The molecule has 5 aromatic rings. The van der Waals surface area contributed by atoms with Crippen molar-refractivity contribution in [3.05, 3.63) is 113 Å². The van der Waals surface area contributed by atoms with Crippen molar-refractivity contribution >= 4 is 17.7 Å². The van der Waals surface area contributed by atoms with Gasteiger partial charge in [0.15, 0.2) is 0 Å². The lowest BCUT2D eigenvalue weighted by molar-refractivity contribution is 0.0407. The van der Waals surface area contributed by atoms with Gasteiger partial charge >= 0.3 is 6.09 Å². The summed E-state index contributed by atoms with van der Waals surface area (Å²) in [5.74, 6) is 0.382. The van der Waals surface area contributed by atoms with Gasteiger partial charge in [-0.3, -0.25) is 4.40 Å². The van der Waals surface area contributed by atoms with Crippen LogP contribution in [0.1, 0.15) is 47.2 Å². The first-order valence-corrected chi connectivity index (χ1v) is 14.1. The predicted molar refractivity (Wildman–Crippen MR) is 161 cm³/mol. The summed E-state index contributed by atoms with van der Waals surface area (Å²) < 4.78 is 7.37. The molecule has 1 unspecified atom stereocenters. The van der Waals surface area contributed by atoms with Gasteiger partial charge in [-0.05, 0) is 48.6 Å². The van der Waals surface area contributed by atoms with Gasteiger partial charge in [0.25, 0.3) is 0 Å². The van der Waals surface area contributed by atoms with Crippen molar-refractivity contribution in [2.75, 3.05) is 18.4 Å². The fourth-order valence-electron chi connectivity index (χ4n) is 5.41. The average molecular weight is 574 g/mol. The summed E-state index contributed by atoms with van der Waals surface area (Å²) in [6, 6.07) is 23.1. The Hall–Kier alpha value is -5.27. The summed E-state index contributed by atoms with van der Waals surface area (Å²) >= 11 is 0. The highest BCUT2D eigenvalue weighted by atomic mass is 16.6. The summed E-state index contributed by atoms with van der Waals surface area (Å²) in [5.41, 5.74) is 4.85. The van der Waals surface area contributed by atoms with E-state index < -0.39 is 11.7 Å². The summed E-state index contributed by atoms with van der Waals surface area (Å²) in [4.78, 5) is 27.7. The van der Waals surface area contributed by atoms with Gasteiger partial charge in [0.2, 0.25) is 5.95 Å². The highest BCUT2D eigenvalue weighted by Gasteiger charge is 2.40. The van der Waals surface area contributed by atoms with E-state index in [9.17, 15) is 15.2 Å². The van der Waals surface area contributed by atoms with E-state index in [1.807, 2.05) is 91.2 Å². The Labute approximate surface area is 249 Å². The number of likely N-dealkylation sites (tertiary alicyclic amines) is 1. The largest absolute Gasteiger partial charge is 0.445 e. The number of anilines is 1. The van der Waals surface area contributed by atoms with Crippen LogP contribution < -0.4 is 5.32 Å². The molecule has 0 radical (unpaired) electrons. The Balaban J connectivity index is 1.13. The molecule has 1 amide bonds. The molecule has 10 nitrogen and oxygen atoms in total. The van der Waals surface area contributed by atoms with Crippen molar-refractivity contribution in [2.24, 2.45) is 0 Å². The lowest BCUT2D eigenvalue weighted by Crippen LogP contribution is -2.34. The topological polar surface area (TPSA) is 129 Å². The molecule has 2 N–H and O–H groups in total. The highest BCUT2D eigenvalue weighted by Crippen LogP contribution is 2.33. The van der Waals surface area contributed by atoms with Crippen LogP contribution >= 0.6 is 0 Å². The maximum atomic E-state index is 12.6. The first-order valence-electron chi connectivity index (χ1n) is 14.1. The van der Waals surface area contributed by atoms with E-state index >= 15 is 0 Å². The lowest BCUT2D eigenvalue weighted by Gasteiger charge is -2.24. The third-order valence-electron chi connectivity index (χ3n) is 7.89. The zero-order valence-corrected chi connectivity index (χ0v) is 23.9. The standard InChI is InChI=1S/C33H31N7O3/c1-22-7-6-15-40-28(19-35-30(22)40)29-26(17-34)18-36-31(38-29)37-23(2)25-10-12-27(13-11-25)33(42)14-16-39(21-33)32(41)43-20-24-8-4-3-5-9-24/h3-13,15,18-19,23,42H,14,16,20-21H2,1-2H3,(H,36,37,38)/t23-,33?/m0/s1. The van der Waals surface area contributed by atoms with Gasteiger partial charge in [0.05, 0.1) is 36.2 Å². The molecule has 1 aliphatic rings. The number of amides is 1. The number of imidazole rings is 1. The quantitative estimate of drug-likeness (QED) is 0.266. The number of carbonyl (C=O) groups is 1. The number of nitriles is 1. The molecule has 2 atom stereocenters.